The van der Waals surface area contributed by atoms with Crippen LogP contribution < -0.4 is 24.8 Å². The first-order valence-corrected chi connectivity index (χ1v) is 8.55. The number of thiocarbonyl (C=S) groups is 1. The number of anilines is 1. The number of hydrogen-bond acceptors (Lipinski definition) is 5. The van der Waals surface area contributed by atoms with Crippen molar-refractivity contribution in [2.75, 3.05) is 26.1 Å². The van der Waals surface area contributed by atoms with E-state index in [1.165, 1.54) is 0 Å². The van der Waals surface area contributed by atoms with Gasteiger partial charge in [-0.15, -0.1) is 0 Å². The lowest BCUT2D eigenvalue weighted by Gasteiger charge is -2.14. The van der Waals surface area contributed by atoms with Crippen molar-refractivity contribution in [2.45, 2.75) is 13.3 Å². The molecule has 6 nitrogen and oxygen atoms in total. The number of benzene rings is 2. The monoisotopic (exact) mass is 374 g/mol. The van der Waals surface area contributed by atoms with Crippen LogP contribution >= 0.6 is 12.2 Å². The molecular formula is C19H22N2O4S. The van der Waals surface area contributed by atoms with Gasteiger partial charge in [-0.25, -0.2) is 0 Å². The highest BCUT2D eigenvalue weighted by molar-refractivity contribution is 7.80. The number of amides is 1. The Morgan fingerprint density at radius 1 is 1.04 bits per heavy atom. The van der Waals surface area contributed by atoms with Crippen LogP contribution in [0, 0.1) is 0 Å². The van der Waals surface area contributed by atoms with Gasteiger partial charge < -0.3 is 19.5 Å². The molecule has 2 rings (SSSR count). The van der Waals surface area contributed by atoms with E-state index in [0.29, 0.717) is 29.4 Å². The number of carbonyl (C=O) groups excluding carboxylic acids is 1. The molecule has 0 bridgehead atoms. The Balaban J connectivity index is 2.00. The average Bonchev–Trinajstić information content (AvgIpc) is 2.66. The summed E-state index contributed by atoms with van der Waals surface area (Å²) >= 11 is 5.22. The first-order chi connectivity index (χ1) is 12.6. The van der Waals surface area contributed by atoms with Crippen molar-refractivity contribution < 1.29 is 19.0 Å². The predicted molar refractivity (Wildman–Crippen MR) is 105 cm³/mol. The minimum Gasteiger partial charge on any atom is -0.497 e. The van der Waals surface area contributed by atoms with Gasteiger partial charge in [0.05, 0.1) is 26.5 Å². The van der Waals surface area contributed by atoms with E-state index in [-0.39, 0.29) is 11.0 Å². The normalized spacial score (nSPS) is 9.96. The number of carbonyl (C=O) groups is 1. The molecule has 0 aromatic heterocycles. The van der Waals surface area contributed by atoms with Crippen LogP contribution in [0.4, 0.5) is 5.69 Å². The Labute approximate surface area is 158 Å². The molecule has 0 unspecified atom stereocenters. The van der Waals surface area contributed by atoms with Crippen LogP contribution in [0.15, 0.2) is 42.5 Å². The van der Waals surface area contributed by atoms with Gasteiger partial charge in [0.25, 0.3) is 5.91 Å². The molecule has 1 amide bonds. The molecule has 26 heavy (non-hydrogen) atoms. The summed E-state index contributed by atoms with van der Waals surface area (Å²) in [6.45, 7) is 2.68. The molecule has 138 valence electrons. The van der Waals surface area contributed by atoms with Gasteiger partial charge in [-0.1, -0.05) is 6.92 Å². The Morgan fingerprint density at radius 3 is 2.35 bits per heavy atom. The fourth-order valence-corrected chi connectivity index (χ4v) is 2.37. The maximum Gasteiger partial charge on any atom is 0.257 e. The minimum atomic E-state index is -0.314. The van der Waals surface area contributed by atoms with Crippen LogP contribution in [0.2, 0.25) is 0 Å². The largest absolute Gasteiger partial charge is 0.497 e. The van der Waals surface area contributed by atoms with Gasteiger partial charge in [0.2, 0.25) is 0 Å². The topological polar surface area (TPSA) is 68.8 Å². The standard InChI is InChI=1S/C19H22N2O4S/c1-4-11-25-14-7-5-13(6-8-14)18(22)21-19(26)20-16-12-15(23-2)9-10-17(16)24-3/h5-10,12H,4,11H2,1-3H3,(H2,20,21,22,26). The lowest BCUT2D eigenvalue weighted by Crippen LogP contribution is -2.34. The Morgan fingerprint density at radius 2 is 1.73 bits per heavy atom. The zero-order chi connectivity index (χ0) is 18.9. The zero-order valence-corrected chi connectivity index (χ0v) is 15.8. The van der Waals surface area contributed by atoms with Gasteiger partial charge >= 0.3 is 0 Å². The highest BCUT2D eigenvalue weighted by atomic mass is 32.1. The third kappa shape index (κ3) is 5.35. The molecule has 0 saturated heterocycles. The molecule has 2 aromatic rings. The van der Waals surface area contributed by atoms with E-state index < -0.39 is 0 Å². The van der Waals surface area contributed by atoms with Crippen LogP contribution in [0.1, 0.15) is 23.7 Å². The van der Waals surface area contributed by atoms with Gasteiger partial charge in [0.1, 0.15) is 17.2 Å². The first kappa shape index (κ1) is 19.5. The number of methoxy groups -OCH3 is 2. The van der Waals surface area contributed by atoms with E-state index in [1.807, 2.05) is 6.92 Å². The summed E-state index contributed by atoms with van der Waals surface area (Å²) in [7, 11) is 3.12. The number of ether oxygens (including phenoxy) is 3. The molecule has 0 saturated carbocycles. The van der Waals surface area contributed by atoms with E-state index in [2.05, 4.69) is 10.6 Å². The Hall–Kier alpha value is -2.80. The van der Waals surface area contributed by atoms with Gasteiger partial charge in [0.15, 0.2) is 5.11 Å². The summed E-state index contributed by atoms with van der Waals surface area (Å²) in [6.07, 6.45) is 0.926. The average molecular weight is 374 g/mol. The van der Waals surface area contributed by atoms with E-state index in [9.17, 15) is 4.79 Å². The van der Waals surface area contributed by atoms with Gasteiger partial charge in [-0.05, 0) is 55.0 Å². The lowest BCUT2D eigenvalue weighted by molar-refractivity contribution is 0.0977. The van der Waals surface area contributed by atoms with Crippen LogP contribution in [0.25, 0.3) is 0 Å². The van der Waals surface area contributed by atoms with Crippen LogP contribution in [-0.4, -0.2) is 31.8 Å². The van der Waals surface area contributed by atoms with Crippen LogP contribution in [0.5, 0.6) is 17.2 Å². The van der Waals surface area contributed by atoms with Crippen molar-refractivity contribution >= 4 is 28.9 Å². The van der Waals surface area contributed by atoms with Crippen molar-refractivity contribution in [3.8, 4) is 17.2 Å². The van der Waals surface area contributed by atoms with Crippen molar-refractivity contribution in [2.24, 2.45) is 0 Å². The van der Waals surface area contributed by atoms with Crippen LogP contribution in [0.3, 0.4) is 0 Å². The maximum absolute atomic E-state index is 12.3. The third-order valence-corrected chi connectivity index (χ3v) is 3.68. The second-order valence-electron chi connectivity index (χ2n) is 5.35. The fourth-order valence-electron chi connectivity index (χ4n) is 2.16. The maximum atomic E-state index is 12.3. The Kier molecular flexibility index (Phi) is 7.23. The minimum absolute atomic E-state index is 0.160. The molecule has 0 aliphatic carbocycles. The first-order valence-electron chi connectivity index (χ1n) is 8.14. The van der Waals surface area contributed by atoms with Crippen molar-refractivity contribution in [1.82, 2.24) is 5.32 Å². The third-order valence-electron chi connectivity index (χ3n) is 3.47. The molecule has 0 spiro atoms. The van der Waals surface area contributed by atoms with E-state index in [0.717, 1.165) is 12.2 Å². The summed E-state index contributed by atoms with van der Waals surface area (Å²) in [5, 5.41) is 5.75. The van der Waals surface area contributed by atoms with Crippen molar-refractivity contribution in [3.05, 3.63) is 48.0 Å². The molecule has 2 aromatic carbocycles. The number of nitrogens with one attached hydrogen (secondary N) is 2. The van der Waals surface area contributed by atoms with Gasteiger partial charge in [0, 0.05) is 11.6 Å². The summed E-state index contributed by atoms with van der Waals surface area (Å²) in [5.74, 6) is 1.64. The molecule has 7 heteroatoms. The van der Waals surface area contributed by atoms with E-state index >= 15 is 0 Å². The SMILES string of the molecule is CCCOc1ccc(C(=O)NC(=S)Nc2cc(OC)ccc2OC)cc1. The second-order valence-corrected chi connectivity index (χ2v) is 5.76. The lowest BCUT2D eigenvalue weighted by atomic mass is 10.2. The van der Waals surface area contributed by atoms with E-state index in [1.54, 1.807) is 56.7 Å². The molecule has 0 atom stereocenters. The number of hydrogen-bond donors (Lipinski definition) is 2. The molecule has 0 aliphatic heterocycles. The highest BCUT2D eigenvalue weighted by Crippen LogP contribution is 2.28. The predicted octanol–water partition coefficient (Wildman–Crippen LogP) is 3.62. The molecule has 0 radical (unpaired) electrons. The van der Waals surface area contributed by atoms with Gasteiger partial charge in [-0.3, -0.25) is 10.1 Å². The number of rotatable bonds is 7. The fraction of sp³-hybridized carbons (Fsp3) is 0.263. The smallest absolute Gasteiger partial charge is 0.257 e. The molecular weight excluding hydrogens is 352 g/mol. The summed E-state index contributed by atoms with van der Waals surface area (Å²) in [6, 6.07) is 12.1. The molecule has 2 N–H and O–H groups in total. The quantitative estimate of drug-likeness (QED) is 0.722. The molecule has 0 aliphatic rings. The van der Waals surface area contributed by atoms with Gasteiger partial charge in [-0.2, -0.15) is 0 Å². The molecule has 0 heterocycles. The van der Waals surface area contributed by atoms with Crippen molar-refractivity contribution in [3.63, 3.8) is 0 Å². The summed E-state index contributed by atoms with van der Waals surface area (Å²) < 4.78 is 16.0. The second kappa shape index (κ2) is 9.62. The summed E-state index contributed by atoms with van der Waals surface area (Å²) in [4.78, 5) is 12.3. The van der Waals surface area contributed by atoms with Crippen LogP contribution in [-0.2, 0) is 0 Å². The molecule has 0 fully saturated rings. The summed E-state index contributed by atoms with van der Waals surface area (Å²) in [5.41, 5.74) is 1.08. The van der Waals surface area contributed by atoms with Crippen molar-refractivity contribution in [1.29, 1.82) is 0 Å². The van der Waals surface area contributed by atoms with E-state index in [4.69, 9.17) is 26.4 Å². The Bertz CT molecular complexity index is 763. The zero-order valence-electron chi connectivity index (χ0n) is 15.0. The highest BCUT2D eigenvalue weighted by Gasteiger charge is 2.11.